The molecule has 0 aliphatic carbocycles. The van der Waals surface area contributed by atoms with Gasteiger partial charge in [-0.05, 0) is 49.2 Å². The summed E-state index contributed by atoms with van der Waals surface area (Å²) in [6.07, 6.45) is 2.55. The summed E-state index contributed by atoms with van der Waals surface area (Å²) in [7, 11) is 0. The maximum Gasteiger partial charge on any atom is 0.249 e. The van der Waals surface area contributed by atoms with E-state index in [-0.39, 0.29) is 0 Å². The van der Waals surface area contributed by atoms with Gasteiger partial charge < -0.3 is 15.4 Å². The fourth-order valence-corrected chi connectivity index (χ4v) is 2.44. The maximum absolute atomic E-state index is 5.44. The zero-order valence-electron chi connectivity index (χ0n) is 14.4. The second kappa shape index (κ2) is 8.10. The third kappa shape index (κ3) is 4.44. The average Bonchev–Trinajstić information content (AvgIpc) is 2.64. The first-order valence-electron chi connectivity index (χ1n) is 8.33. The Hall–Kier alpha value is -3.15. The lowest BCUT2D eigenvalue weighted by Gasteiger charge is -2.11. The number of aryl methyl sites for hydroxylation is 1. The number of para-hydroxylation sites is 1. The third-order valence-corrected chi connectivity index (χ3v) is 3.64. The van der Waals surface area contributed by atoms with Gasteiger partial charge in [0.05, 0.1) is 12.8 Å². The van der Waals surface area contributed by atoms with Crippen LogP contribution in [0.5, 0.6) is 5.75 Å². The van der Waals surface area contributed by atoms with Gasteiger partial charge in [-0.2, -0.15) is 10.1 Å². The highest BCUT2D eigenvalue weighted by molar-refractivity contribution is 5.61. The molecule has 0 radical (unpaired) electrons. The van der Waals surface area contributed by atoms with E-state index in [0.717, 1.165) is 23.5 Å². The first-order chi connectivity index (χ1) is 12.3. The van der Waals surface area contributed by atoms with Gasteiger partial charge in [0, 0.05) is 11.4 Å². The van der Waals surface area contributed by atoms with Crippen molar-refractivity contribution in [3.05, 3.63) is 60.3 Å². The van der Waals surface area contributed by atoms with Crippen LogP contribution in [0, 0.1) is 0 Å². The lowest BCUT2D eigenvalue weighted by atomic mass is 10.1. The van der Waals surface area contributed by atoms with Gasteiger partial charge in [0.25, 0.3) is 0 Å². The zero-order chi connectivity index (χ0) is 17.5. The lowest BCUT2D eigenvalue weighted by molar-refractivity contribution is 0.340. The molecule has 0 unspecified atom stereocenters. The molecule has 128 valence electrons. The Morgan fingerprint density at radius 1 is 0.960 bits per heavy atom. The summed E-state index contributed by atoms with van der Waals surface area (Å²) in [6.45, 7) is 4.73. The molecule has 0 amide bonds. The third-order valence-electron chi connectivity index (χ3n) is 3.64. The number of nitrogens with one attached hydrogen (secondary N) is 2. The molecule has 3 aromatic rings. The van der Waals surface area contributed by atoms with Gasteiger partial charge in [-0.3, -0.25) is 0 Å². The predicted octanol–water partition coefficient (Wildman–Crippen LogP) is 4.32. The van der Waals surface area contributed by atoms with Gasteiger partial charge in [-0.1, -0.05) is 25.1 Å². The lowest BCUT2D eigenvalue weighted by Crippen LogP contribution is -2.03. The van der Waals surface area contributed by atoms with E-state index in [4.69, 9.17) is 4.74 Å². The molecule has 1 aromatic heterocycles. The Kier molecular flexibility index (Phi) is 5.41. The van der Waals surface area contributed by atoms with E-state index >= 15 is 0 Å². The first-order valence-corrected chi connectivity index (χ1v) is 8.33. The highest BCUT2D eigenvalue weighted by atomic mass is 16.5. The molecule has 0 aliphatic heterocycles. The van der Waals surface area contributed by atoms with E-state index in [1.54, 1.807) is 6.20 Å². The van der Waals surface area contributed by atoms with E-state index in [1.807, 2.05) is 49.4 Å². The number of anilines is 4. The van der Waals surface area contributed by atoms with Crippen LogP contribution in [0.2, 0.25) is 0 Å². The molecule has 2 aromatic carbocycles. The number of hydrogen-bond acceptors (Lipinski definition) is 6. The van der Waals surface area contributed by atoms with Crippen molar-refractivity contribution >= 4 is 23.1 Å². The quantitative estimate of drug-likeness (QED) is 0.670. The molecule has 0 bridgehead atoms. The molecule has 0 atom stereocenters. The fourth-order valence-electron chi connectivity index (χ4n) is 2.44. The predicted molar refractivity (Wildman–Crippen MR) is 99.8 cm³/mol. The van der Waals surface area contributed by atoms with Gasteiger partial charge in [0.1, 0.15) is 5.75 Å². The molecular formula is C19H21N5O. The monoisotopic (exact) mass is 335 g/mol. The van der Waals surface area contributed by atoms with Crippen LogP contribution in [0.1, 0.15) is 19.4 Å². The summed E-state index contributed by atoms with van der Waals surface area (Å²) in [5.74, 6) is 1.91. The van der Waals surface area contributed by atoms with Crippen LogP contribution in [-0.4, -0.2) is 21.8 Å². The SMILES string of the molecule is CCOc1ccc(Nc2nncc(Nc3ccccc3CC)n2)cc1. The van der Waals surface area contributed by atoms with Crippen molar-refractivity contribution < 1.29 is 4.74 Å². The van der Waals surface area contributed by atoms with Crippen LogP contribution in [-0.2, 0) is 6.42 Å². The van der Waals surface area contributed by atoms with Crippen molar-refractivity contribution in [2.45, 2.75) is 20.3 Å². The van der Waals surface area contributed by atoms with Crippen LogP contribution in [0.3, 0.4) is 0 Å². The summed E-state index contributed by atoms with van der Waals surface area (Å²) in [6, 6.07) is 15.8. The Morgan fingerprint density at radius 3 is 2.52 bits per heavy atom. The molecule has 2 N–H and O–H groups in total. The van der Waals surface area contributed by atoms with Gasteiger partial charge in [-0.25, -0.2) is 0 Å². The molecule has 1 heterocycles. The number of ether oxygens (including phenoxy) is 1. The molecule has 25 heavy (non-hydrogen) atoms. The average molecular weight is 335 g/mol. The van der Waals surface area contributed by atoms with Crippen molar-refractivity contribution in [1.29, 1.82) is 0 Å². The Bertz CT molecular complexity index is 820. The second-order valence-electron chi connectivity index (χ2n) is 5.38. The minimum Gasteiger partial charge on any atom is -0.494 e. The van der Waals surface area contributed by atoms with Crippen LogP contribution in [0.15, 0.2) is 54.7 Å². The largest absolute Gasteiger partial charge is 0.494 e. The zero-order valence-corrected chi connectivity index (χ0v) is 14.4. The molecule has 0 fully saturated rings. The normalized spacial score (nSPS) is 10.3. The van der Waals surface area contributed by atoms with E-state index in [2.05, 4.69) is 38.8 Å². The van der Waals surface area contributed by atoms with Crippen LogP contribution < -0.4 is 15.4 Å². The van der Waals surface area contributed by atoms with E-state index in [9.17, 15) is 0 Å². The summed E-state index contributed by atoms with van der Waals surface area (Å²) in [4.78, 5) is 4.47. The molecule has 3 rings (SSSR count). The molecule has 0 spiro atoms. The van der Waals surface area contributed by atoms with Crippen molar-refractivity contribution in [2.24, 2.45) is 0 Å². The van der Waals surface area contributed by atoms with E-state index in [0.29, 0.717) is 18.4 Å². The summed E-state index contributed by atoms with van der Waals surface area (Å²) >= 11 is 0. The minimum atomic E-state index is 0.433. The fraction of sp³-hybridized carbons (Fsp3) is 0.211. The van der Waals surface area contributed by atoms with Crippen molar-refractivity contribution in [2.75, 3.05) is 17.2 Å². The second-order valence-corrected chi connectivity index (χ2v) is 5.38. The molecule has 0 aliphatic rings. The van der Waals surface area contributed by atoms with E-state index in [1.165, 1.54) is 5.56 Å². The number of benzene rings is 2. The number of nitrogens with zero attached hydrogens (tertiary/aromatic N) is 3. The summed E-state index contributed by atoms with van der Waals surface area (Å²) in [5, 5.41) is 14.5. The maximum atomic E-state index is 5.44. The number of aromatic nitrogens is 3. The van der Waals surface area contributed by atoms with Gasteiger partial charge in [-0.15, -0.1) is 5.10 Å². The Labute approximate surface area is 147 Å². The molecular weight excluding hydrogens is 314 g/mol. The molecule has 0 saturated carbocycles. The molecule has 0 saturated heterocycles. The molecule has 6 nitrogen and oxygen atoms in total. The molecule has 6 heteroatoms. The Balaban J connectivity index is 1.73. The topological polar surface area (TPSA) is 72.0 Å². The summed E-state index contributed by atoms with van der Waals surface area (Å²) < 4.78 is 5.44. The smallest absolute Gasteiger partial charge is 0.249 e. The Morgan fingerprint density at radius 2 is 1.76 bits per heavy atom. The van der Waals surface area contributed by atoms with Crippen LogP contribution >= 0.6 is 0 Å². The summed E-state index contributed by atoms with van der Waals surface area (Å²) in [5.41, 5.74) is 3.12. The van der Waals surface area contributed by atoms with Crippen LogP contribution in [0.4, 0.5) is 23.1 Å². The number of hydrogen-bond donors (Lipinski definition) is 2. The minimum absolute atomic E-state index is 0.433. The van der Waals surface area contributed by atoms with Crippen molar-refractivity contribution in [3.8, 4) is 5.75 Å². The van der Waals surface area contributed by atoms with E-state index < -0.39 is 0 Å². The highest BCUT2D eigenvalue weighted by Gasteiger charge is 2.05. The van der Waals surface area contributed by atoms with Gasteiger partial charge in [0.15, 0.2) is 5.82 Å². The van der Waals surface area contributed by atoms with Crippen molar-refractivity contribution in [3.63, 3.8) is 0 Å². The highest BCUT2D eigenvalue weighted by Crippen LogP contribution is 2.21. The first kappa shape index (κ1) is 16.7. The van der Waals surface area contributed by atoms with Crippen molar-refractivity contribution in [1.82, 2.24) is 15.2 Å². The standard InChI is InChI=1S/C19H21N5O/c1-3-14-7-5-6-8-17(14)22-18-13-20-24-19(23-18)21-15-9-11-16(12-10-15)25-4-2/h5-13H,3-4H2,1-2H3,(H2,21,22,23,24). The van der Waals surface area contributed by atoms with Crippen LogP contribution in [0.25, 0.3) is 0 Å². The van der Waals surface area contributed by atoms with Gasteiger partial charge >= 0.3 is 0 Å². The van der Waals surface area contributed by atoms with Gasteiger partial charge in [0.2, 0.25) is 5.95 Å². The number of rotatable bonds is 7.